The van der Waals surface area contributed by atoms with Crippen LogP contribution in [0, 0.1) is 6.92 Å². The lowest BCUT2D eigenvalue weighted by Crippen LogP contribution is -2.46. The topological polar surface area (TPSA) is 41.6 Å². The average molecular weight is 471 g/mol. The Labute approximate surface area is 210 Å². The SMILES string of the molecule is COc1ccc(C(C)(C)C)cc1CNC1CCC(c2ccccc2)N1C(=O)Cc1cccc(C)c1. The quantitative estimate of drug-likeness (QED) is 0.439. The molecule has 0 spiro atoms. The molecule has 1 aliphatic heterocycles. The van der Waals surface area contributed by atoms with Crippen LogP contribution in [-0.4, -0.2) is 24.1 Å². The van der Waals surface area contributed by atoms with Gasteiger partial charge in [-0.3, -0.25) is 10.1 Å². The molecule has 0 radical (unpaired) electrons. The number of ether oxygens (including phenoxy) is 1. The number of rotatable bonds is 7. The molecule has 2 atom stereocenters. The van der Waals surface area contributed by atoms with Gasteiger partial charge in [0.15, 0.2) is 0 Å². The fourth-order valence-corrected chi connectivity index (χ4v) is 5.06. The van der Waals surface area contributed by atoms with Crippen molar-refractivity contribution in [2.75, 3.05) is 7.11 Å². The van der Waals surface area contributed by atoms with E-state index in [4.69, 9.17) is 4.74 Å². The Morgan fingerprint density at radius 2 is 1.77 bits per heavy atom. The second kappa shape index (κ2) is 10.7. The maximum absolute atomic E-state index is 13.7. The maximum Gasteiger partial charge on any atom is 0.228 e. The molecule has 4 rings (SSSR count). The molecule has 1 amide bonds. The third kappa shape index (κ3) is 5.94. The first-order valence-electron chi connectivity index (χ1n) is 12.6. The number of carbonyl (C=O) groups is 1. The lowest BCUT2D eigenvalue weighted by molar-refractivity contribution is -0.134. The van der Waals surface area contributed by atoms with E-state index in [1.807, 2.05) is 18.2 Å². The molecule has 1 fully saturated rings. The van der Waals surface area contributed by atoms with E-state index in [-0.39, 0.29) is 23.5 Å². The summed E-state index contributed by atoms with van der Waals surface area (Å²) >= 11 is 0. The fourth-order valence-electron chi connectivity index (χ4n) is 5.06. The summed E-state index contributed by atoms with van der Waals surface area (Å²) in [5.74, 6) is 1.04. The van der Waals surface area contributed by atoms with E-state index in [0.29, 0.717) is 13.0 Å². The molecule has 0 aliphatic carbocycles. The van der Waals surface area contributed by atoms with Crippen LogP contribution in [0.5, 0.6) is 5.75 Å². The average Bonchev–Trinajstić information content (AvgIpc) is 3.26. The zero-order valence-electron chi connectivity index (χ0n) is 21.7. The molecule has 0 saturated carbocycles. The highest BCUT2D eigenvalue weighted by Crippen LogP contribution is 2.36. The number of benzene rings is 3. The maximum atomic E-state index is 13.7. The van der Waals surface area contributed by atoms with E-state index < -0.39 is 0 Å². The normalized spacial score (nSPS) is 18.0. The number of hydrogen-bond acceptors (Lipinski definition) is 3. The smallest absolute Gasteiger partial charge is 0.228 e. The first kappa shape index (κ1) is 25.0. The van der Waals surface area contributed by atoms with Gasteiger partial charge in [0.25, 0.3) is 0 Å². The third-order valence-corrected chi connectivity index (χ3v) is 6.97. The van der Waals surface area contributed by atoms with Gasteiger partial charge in [0.05, 0.1) is 25.7 Å². The number of aryl methyl sites for hydroxylation is 1. The van der Waals surface area contributed by atoms with Crippen molar-refractivity contribution in [2.45, 2.75) is 71.1 Å². The van der Waals surface area contributed by atoms with E-state index in [1.54, 1.807) is 7.11 Å². The lowest BCUT2D eigenvalue weighted by atomic mass is 9.86. The summed E-state index contributed by atoms with van der Waals surface area (Å²) in [5, 5.41) is 3.70. The largest absolute Gasteiger partial charge is 0.496 e. The predicted molar refractivity (Wildman–Crippen MR) is 142 cm³/mol. The van der Waals surface area contributed by atoms with Gasteiger partial charge in [-0.25, -0.2) is 0 Å². The first-order chi connectivity index (χ1) is 16.8. The van der Waals surface area contributed by atoms with Crippen LogP contribution < -0.4 is 10.1 Å². The second-order valence-corrected chi connectivity index (χ2v) is 10.6. The molecule has 1 N–H and O–H groups in total. The lowest BCUT2D eigenvalue weighted by Gasteiger charge is -2.32. The number of likely N-dealkylation sites (tertiary alicyclic amines) is 1. The van der Waals surface area contributed by atoms with Crippen molar-refractivity contribution < 1.29 is 9.53 Å². The van der Waals surface area contributed by atoms with Crippen LogP contribution >= 0.6 is 0 Å². The number of carbonyl (C=O) groups excluding carboxylic acids is 1. The standard InChI is InChI=1S/C31H38N2O2/c1-22-10-9-11-23(18-22)19-30(34)33-27(24-12-7-6-8-13-24)15-17-29(33)32-21-25-20-26(31(2,3)4)14-16-28(25)35-5/h6-14,16,18,20,27,29,32H,15,17,19,21H2,1-5H3. The highest BCUT2D eigenvalue weighted by molar-refractivity contribution is 5.80. The molecule has 35 heavy (non-hydrogen) atoms. The highest BCUT2D eigenvalue weighted by Gasteiger charge is 2.37. The van der Waals surface area contributed by atoms with Crippen molar-refractivity contribution in [3.8, 4) is 5.75 Å². The summed E-state index contributed by atoms with van der Waals surface area (Å²) in [6.45, 7) is 9.38. The summed E-state index contributed by atoms with van der Waals surface area (Å²) < 4.78 is 5.66. The Balaban J connectivity index is 1.58. The molecule has 4 nitrogen and oxygen atoms in total. The molecule has 3 aromatic rings. The van der Waals surface area contributed by atoms with Crippen molar-refractivity contribution in [2.24, 2.45) is 0 Å². The fraction of sp³-hybridized carbons (Fsp3) is 0.387. The Kier molecular flexibility index (Phi) is 7.61. The summed E-state index contributed by atoms with van der Waals surface area (Å²) in [4.78, 5) is 15.8. The van der Waals surface area contributed by atoms with Gasteiger partial charge in [-0.2, -0.15) is 0 Å². The van der Waals surface area contributed by atoms with E-state index in [2.05, 4.69) is 92.5 Å². The molecule has 1 heterocycles. The summed E-state index contributed by atoms with van der Waals surface area (Å²) in [7, 11) is 1.72. The predicted octanol–water partition coefficient (Wildman–Crippen LogP) is 6.32. The Hall–Kier alpha value is -3.11. The highest BCUT2D eigenvalue weighted by atomic mass is 16.5. The van der Waals surface area contributed by atoms with Crippen molar-refractivity contribution in [1.29, 1.82) is 0 Å². The number of nitrogens with one attached hydrogen (secondary N) is 1. The Morgan fingerprint density at radius 3 is 2.46 bits per heavy atom. The minimum Gasteiger partial charge on any atom is -0.496 e. The van der Waals surface area contributed by atoms with Crippen LogP contribution in [0.15, 0.2) is 72.8 Å². The number of amides is 1. The Bertz CT molecular complexity index is 1150. The van der Waals surface area contributed by atoms with E-state index in [1.165, 1.54) is 16.7 Å². The van der Waals surface area contributed by atoms with Crippen LogP contribution in [0.4, 0.5) is 0 Å². The third-order valence-electron chi connectivity index (χ3n) is 6.97. The van der Waals surface area contributed by atoms with E-state index in [9.17, 15) is 4.79 Å². The van der Waals surface area contributed by atoms with E-state index in [0.717, 1.165) is 29.7 Å². The summed E-state index contributed by atoms with van der Waals surface area (Å²) in [5.41, 5.74) is 5.89. The molecule has 3 aromatic carbocycles. The Morgan fingerprint density at radius 1 is 1.00 bits per heavy atom. The van der Waals surface area contributed by atoms with E-state index >= 15 is 0 Å². The van der Waals surface area contributed by atoms with Gasteiger partial charge in [0.1, 0.15) is 5.75 Å². The van der Waals surface area contributed by atoms with Gasteiger partial charge >= 0.3 is 0 Å². The molecule has 2 unspecified atom stereocenters. The minimum absolute atomic E-state index is 0.0273. The van der Waals surface area contributed by atoms with Crippen LogP contribution in [0.2, 0.25) is 0 Å². The molecular formula is C31H38N2O2. The van der Waals surface area contributed by atoms with Gasteiger partial charge in [-0.15, -0.1) is 0 Å². The van der Waals surface area contributed by atoms with Crippen molar-refractivity contribution in [1.82, 2.24) is 10.2 Å². The number of nitrogens with zero attached hydrogens (tertiary/aromatic N) is 1. The van der Waals surface area contributed by atoms with Crippen LogP contribution in [-0.2, 0) is 23.2 Å². The number of methoxy groups -OCH3 is 1. The molecule has 4 heteroatoms. The van der Waals surface area contributed by atoms with Crippen molar-refractivity contribution in [3.05, 3.63) is 101 Å². The summed E-state index contributed by atoms with van der Waals surface area (Å²) in [6.07, 6.45) is 2.24. The van der Waals surface area contributed by atoms with Gasteiger partial charge < -0.3 is 9.64 Å². The molecule has 1 aliphatic rings. The van der Waals surface area contributed by atoms with Gasteiger partial charge in [-0.05, 0) is 47.9 Å². The minimum atomic E-state index is -0.0273. The van der Waals surface area contributed by atoms with Crippen LogP contribution in [0.3, 0.4) is 0 Å². The second-order valence-electron chi connectivity index (χ2n) is 10.6. The summed E-state index contributed by atoms with van der Waals surface area (Å²) in [6, 6.07) is 25.2. The monoisotopic (exact) mass is 470 g/mol. The zero-order chi connectivity index (χ0) is 25.0. The number of hydrogen-bond donors (Lipinski definition) is 1. The van der Waals surface area contributed by atoms with Crippen molar-refractivity contribution in [3.63, 3.8) is 0 Å². The van der Waals surface area contributed by atoms with Crippen LogP contribution in [0.25, 0.3) is 0 Å². The van der Waals surface area contributed by atoms with Crippen LogP contribution in [0.1, 0.15) is 67.5 Å². The molecule has 0 bridgehead atoms. The molecule has 0 aromatic heterocycles. The van der Waals surface area contributed by atoms with Gasteiger partial charge in [-0.1, -0.05) is 93.1 Å². The van der Waals surface area contributed by atoms with Gasteiger partial charge in [0.2, 0.25) is 5.91 Å². The first-order valence-corrected chi connectivity index (χ1v) is 12.6. The zero-order valence-corrected chi connectivity index (χ0v) is 21.7. The van der Waals surface area contributed by atoms with Crippen molar-refractivity contribution >= 4 is 5.91 Å². The van der Waals surface area contributed by atoms with Gasteiger partial charge in [0, 0.05) is 12.1 Å². The molecule has 1 saturated heterocycles. The molecule has 184 valence electrons. The molecular weight excluding hydrogens is 432 g/mol.